The first-order valence-corrected chi connectivity index (χ1v) is 5.84. The van der Waals surface area contributed by atoms with E-state index in [9.17, 15) is 0 Å². The second kappa shape index (κ2) is 6.50. The summed E-state index contributed by atoms with van der Waals surface area (Å²) in [5.41, 5.74) is 3.48. The molecule has 7 nitrogen and oxygen atoms in total. The fourth-order valence-electron chi connectivity index (χ4n) is 1.65. The van der Waals surface area contributed by atoms with Crippen molar-refractivity contribution in [1.82, 2.24) is 15.0 Å². The number of ether oxygens (including phenoxy) is 1. The van der Waals surface area contributed by atoms with Crippen molar-refractivity contribution in [3.05, 3.63) is 36.4 Å². The molecule has 0 aliphatic rings. The van der Waals surface area contributed by atoms with Crippen molar-refractivity contribution in [2.45, 2.75) is 6.42 Å². The summed E-state index contributed by atoms with van der Waals surface area (Å²) in [7, 11) is 1.55. The zero-order valence-electron chi connectivity index (χ0n) is 10.6. The standard InChI is InChI=1S/C12H16N6O/c1-19-10-11(16-8-17-12(10)18-13)15-7-5-9-4-2-3-6-14-9/h2-4,6,8H,5,7,13H2,1H3,(H2,15,16,17,18). The van der Waals surface area contributed by atoms with Gasteiger partial charge in [0.2, 0.25) is 5.75 Å². The number of aromatic nitrogens is 3. The Hall–Kier alpha value is -2.41. The third kappa shape index (κ3) is 3.29. The monoisotopic (exact) mass is 260 g/mol. The number of anilines is 2. The highest BCUT2D eigenvalue weighted by molar-refractivity contribution is 5.62. The highest BCUT2D eigenvalue weighted by atomic mass is 16.5. The number of nitrogen functional groups attached to an aromatic ring is 1. The van der Waals surface area contributed by atoms with E-state index >= 15 is 0 Å². The minimum atomic E-state index is 0.442. The maximum atomic E-state index is 5.36. The molecule has 4 N–H and O–H groups in total. The summed E-state index contributed by atoms with van der Waals surface area (Å²) >= 11 is 0. The van der Waals surface area contributed by atoms with Crippen molar-refractivity contribution in [2.75, 3.05) is 24.4 Å². The van der Waals surface area contributed by atoms with E-state index in [4.69, 9.17) is 10.6 Å². The Kier molecular flexibility index (Phi) is 4.46. The SMILES string of the molecule is COc1c(NN)ncnc1NCCc1ccccn1. The maximum Gasteiger partial charge on any atom is 0.205 e. The summed E-state index contributed by atoms with van der Waals surface area (Å²) in [6.07, 6.45) is 3.98. The lowest BCUT2D eigenvalue weighted by atomic mass is 10.3. The Morgan fingerprint density at radius 2 is 2.05 bits per heavy atom. The minimum Gasteiger partial charge on any atom is -0.490 e. The van der Waals surface area contributed by atoms with Gasteiger partial charge in [0.1, 0.15) is 6.33 Å². The van der Waals surface area contributed by atoms with Crippen LogP contribution < -0.4 is 21.3 Å². The molecule has 0 aliphatic carbocycles. The number of pyridine rings is 1. The summed E-state index contributed by atoms with van der Waals surface area (Å²) < 4.78 is 5.22. The zero-order valence-corrected chi connectivity index (χ0v) is 10.6. The minimum absolute atomic E-state index is 0.442. The van der Waals surface area contributed by atoms with Crippen molar-refractivity contribution >= 4 is 11.6 Å². The predicted molar refractivity (Wildman–Crippen MR) is 72.8 cm³/mol. The van der Waals surface area contributed by atoms with Crippen LogP contribution in [-0.4, -0.2) is 28.6 Å². The van der Waals surface area contributed by atoms with Crippen LogP contribution in [0.25, 0.3) is 0 Å². The molecule has 0 aliphatic heterocycles. The largest absolute Gasteiger partial charge is 0.490 e. The maximum absolute atomic E-state index is 5.36. The van der Waals surface area contributed by atoms with E-state index in [1.54, 1.807) is 13.3 Å². The summed E-state index contributed by atoms with van der Waals surface area (Å²) in [4.78, 5) is 12.3. The van der Waals surface area contributed by atoms with Gasteiger partial charge < -0.3 is 15.5 Å². The summed E-state index contributed by atoms with van der Waals surface area (Å²) in [5.74, 6) is 6.89. The smallest absolute Gasteiger partial charge is 0.205 e. The van der Waals surface area contributed by atoms with Crippen LogP contribution in [0.15, 0.2) is 30.7 Å². The molecule has 0 saturated carbocycles. The molecular weight excluding hydrogens is 244 g/mol. The molecular formula is C12H16N6O. The van der Waals surface area contributed by atoms with Gasteiger partial charge in [0.05, 0.1) is 7.11 Å². The van der Waals surface area contributed by atoms with Crippen LogP contribution in [-0.2, 0) is 6.42 Å². The molecule has 2 aromatic rings. The van der Waals surface area contributed by atoms with E-state index in [-0.39, 0.29) is 0 Å². The molecule has 0 aromatic carbocycles. The number of hydrogen-bond acceptors (Lipinski definition) is 7. The normalized spacial score (nSPS) is 10.0. The average molecular weight is 260 g/mol. The highest BCUT2D eigenvalue weighted by Gasteiger charge is 2.10. The first-order valence-electron chi connectivity index (χ1n) is 5.84. The molecule has 0 saturated heterocycles. The number of nitrogens with one attached hydrogen (secondary N) is 2. The predicted octanol–water partition coefficient (Wildman–Crippen LogP) is 0.820. The Balaban J connectivity index is 2.00. The van der Waals surface area contributed by atoms with Gasteiger partial charge >= 0.3 is 0 Å². The zero-order chi connectivity index (χ0) is 13.5. The van der Waals surface area contributed by atoms with Gasteiger partial charge in [-0.25, -0.2) is 15.8 Å². The van der Waals surface area contributed by atoms with Gasteiger partial charge in [-0.2, -0.15) is 0 Å². The molecule has 0 spiro atoms. The van der Waals surface area contributed by atoms with Gasteiger partial charge in [0, 0.05) is 24.9 Å². The van der Waals surface area contributed by atoms with Crippen LogP contribution in [0.1, 0.15) is 5.69 Å². The quantitative estimate of drug-likeness (QED) is 0.522. The van der Waals surface area contributed by atoms with Gasteiger partial charge in [-0.1, -0.05) is 6.07 Å². The second-order valence-electron chi connectivity index (χ2n) is 3.75. The fourth-order valence-corrected chi connectivity index (χ4v) is 1.65. The highest BCUT2D eigenvalue weighted by Crippen LogP contribution is 2.27. The number of hydrogen-bond donors (Lipinski definition) is 3. The molecule has 0 fully saturated rings. The summed E-state index contributed by atoms with van der Waals surface area (Å²) in [5, 5.41) is 3.18. The van der Waals surface area contributed by atoms with E-state index in [0.29, 0.717) is 23.9 Å². The van der Waals surface area contributed by atoms with E-state index in [1.165, 1.54) is 6.33 Å². The number of nitrogens with two attached hydrogens (primary N) is 1. The molecule has 0 atom stereocenters. The van der Waals surface area contributed by atoms with Crippen molar-refractivity contribution in [3.63, 3.8) is 0 Å². The molecule has 0 radical (unpaired) electrons. The molecule has 100 valence electrons. The average Bonchev–Trinajstić information content (AvgIpc) is 2.48. The van der Waals surface area contributed by atoms with Crippen LogP contribution in [0.4, 0.5) is 11.6 Å². The van der Waals surface area contributed by atoms with E-state index in [1.807, 2.05) is 18.2 Å². The Labute approximate surface area is 111 Å². The number of methoxy groups -OCH3 is 1. The molecule has 2 heterocycles. The van der Waals surface area contributed by atoms with Crippen LogP contribution in [0.3, 0.4) is 0 Å². The van der Waals surface area contributed by atoms with E-state index in [2.05, 4.69) is 25.7 Å². The van der Waals surface area contributed by atoms with E-state index in [0.717, 1.165) is 12.1 Å². The fraction of sp³-hybridized carbons (Fsp3) is 0.250. The molecule has 2 aromatic heterocycles. The van der Waals surface area contributed by atoms with Crippen LogP contribution in [0, 0.1) is 0 Å². The lowest BCUT2D eigenvalue weighted by Crippen LogP contribution is -2.13. The van der Waals surface area contributed by atoms with Crippen LogP contribution >= 0.6 is 0 Å². The lowest BCUT2D eigenvalue weighted by molar-refractivity contribution is 0.414. The topological polar surface area (TPSA) is 98.0 Å². The Morgan fingerprint density at radius 1 is 1.21 bits per heavy atom. The molecule has 0 unspecified atom stereocenters. The number of nitrogens with zero attached hydrogens (tertiary/aromatic N) is 3. The number of rotatable bonds is 6. The first-order chi connectivity index (χ1) is 9.35. The van der Waals surface area contributed by atoms with Gasteiger partial charge in [0.15, 0.2) is 11.6 Å². The molecule has 0 bridgehead atoms. The van der Waals surface area contributed by atoms with Crippen molar-refractivity contribution in [2.24, 2.45) is 5.84 Å². The second-order valence-corrected chi connectivity index (χ2v) is 3.75. The van der Waals surface area contributed by atoms with E-state index < -0.39 is 0 Å². The van der Waals surface area contributed by atoms with Gasteiger partial charge in [-0.3, -0.25) is 4.98 Å². The molecule has 2 rings (SSSR count). The van der Waals surface area contributed by atoms with Gasteiger partial charge in [-0.15, -0.1) is 0 Å². The third-order valence-electron chi connectivity index (χ3n) is 2.54. The molecule has 0 amide bonds. The number of hydrazine groups is 1. The third-order valence-corrected chi connectivity index (χ3v) is 2.54. The summed E-state index contributed by atoms with van der Waals surface area (Å²) in [6, 6.07) is 5.83. The van der Waals surface area contributed by atoms with Crippen molar-refractivity contribution < 1.29 is 4.74 Å². The van der Waals surface area contributed by atoms with Crippen molar-refractivity contribution in [3.8, 4) is 5.75 Å². The van der Waals surface area contributed by atoms with Gasteiger partial charge in [0.25, 0.3) is 0 Å². The Morgan fingerprint density at radius 3 is 2.74 bits per heavy atom. The van der Waals surface area contributed by atoms with Gasteiger partial charge in [-0.05, 0) is 12.1 Å². The van der Waals surface area contributed by atoms with Crippen LogP contribution in [0.2, 0.25) is 0 Å². The Bertz CT molecular complexity index is 519. The molecule has 19 heavy (non-hydrogen) atoms. The van der Waals surface area contributed by atoms with Crippen LogP contribution in [0.5, 0.6) is 5.75 Å². The lowest BCUT2D eigenvalue weighted by Gasteiger charge is -2.12. The molecule has 7 heteroatoms. The van der Waals surface area contributed by atoms with Crippen molar-refractivity contribution in [1.29, 1.82) is 0 Å². The first kappa shape index (κ1) is 13.0. The summed E-state index contributed by atoms with van der Waals surface area (Å²) in [6.45, 7) is 0.689.